The minimum atomic E-state index is -1.04. The number of carbonyl (C=O) groups excluding carboxylic acids is 2. The SMILES string of the molecule is CCOC(=O)/C=c1\s/c(=C\c2ccc(F)c(F)c2)c(=O)n1CC(=O)N(CC)CC. The van der Waals surface area contributed by atoms with Crippen LogP contribution < -0.4 is 14.8 Å². The van der Waals surface area contributed by atoms with Crippen molar-refractivity contribution in [2.24, 2.45) is 0 Å². The molecule has 0 saturated carbocycles. The first-order chi connectivity index (χ1) is 13.8. The zero-order valence-corrected chi connectivity index (χ0v) is 17.2. The van der Waals surface area contributed by atoms with E-state index in [0.717, 1.165) is 29.5 Å². The zero-order chi connectivity index (χ0) is 21.6. The highest BCUT2D eigenvalue weighted by Gasteiger charge is 2.15. The Hall–Kier alpha value is -2.81. The number of rotatable bonds is 7. The number of halogens is 2. The minimum absolute atomic E-state index is 0.164. The van der Waals surface area contributed by atoms with Gasteiger partial charge in [0.05, 0.1) is 17.2 Å². The van der Waals surface area contributed by atoms with Gasteiger partial charge in [-0.1, -0.05) is 6.07 Å². The monoisotopic (exact) mass is 424 g/mol. The molecule has 1 aromatic carbocycles. The van der Waals surface area contributed by atoms with E-state index in [4.69, 9.17) is 4.74 Å². The van der Waals surface area contributed by atoms with Gasteiger partial charge < -0.3 is 9.64 Å². The van der Waals surface area contributed by atoms with Crippen LogP contribution >= 0.6 is 11.3 Å². The first-order valence-electron chi connectivity index (χ1n) is 9.13. The molecule has 0 aliphatic carbocycles. The lowest BCUT2D eigenvalue weighted by Gasteiger charge is -2.18. The van der Waals surface area contributed by atoms with E-state index >= 15 is 0 Å². The van der Waals surface area contributed by atoms with Crippen LogP contribution in [-0.4, -0.2) is 41.0 Å². The summed E-state index contributed by atoms with van der Waals surface area (Å²) in [5, 5.41) is 0. The number of carbonyl (C=O) groups is 2. The molecule has 0 aliphatic heterocycles. The van der Waals surface area contributed by atoms with Gasteiger partial charge in [0.2, 0.25) is 5.91 Å². The Morgan fingerprint density at radius 1 is 1.17 bits per heavy atom. The van der Waals surface area contributed by atoms with E-state index in [1.807, 2.05) is 13.8 Å². The average Bonchev–Trinajstić information content (AvgIpc) is 2.94. The average molecular weight is 424 g/mol. The Bertz CT molecular complexity index is 1070. The van der Waals surface area contributed by atoms with E-state index < -0.39 is 23.2 Å². The van der Waals surface area contributed by atoms with Crippen LogP contribution in [0.25, 0.3) is 12.2 Å². The summed E-state index contributed by atoms with van der Waals surface area (Å²) >= 11 is 0.966. The van der Waals surface area contributed by atoms with Gasteiger partial charge in [-0.05, 0) is 44.5 Å². The van der Waals surface area contributed by atoms with Crippen LogP contribution in [0.4, 0.5) is 8.78 Å². The number of nitrogens with zero attached hydrogens (tertiary/aromatic N) is 2. The zero-order valence-electron chi connectivity index (χ0n) is 16.4. The topological polar surface area (TPSA) is 68.6 Å². The molecule has 29 heavy (non-hydrogen) atoms. The molecule has 6 nitrogen and oxygen atoms in total. The molecule has 0 saturated heterocycles. The molecular weight excluding hydrogens is 402 g/mol. The van der Waals surface area contributed by atoms with Crippen molar-refractivity contribution in [3.05, 3.63) is 54.9 Å². The lowest BCUT2D eigenvalue weighted by Crippen LogP contribution is -2.40. The van der Waals surface area contributed by atoms with Crippen LogP contribution in [0.15, 0.2) is 23.0 Å². The first kappa shape index (κ1) is 22.5. The van der Waals surface area contributed by atoms with Crippen LogP contribution in [0.3, 0.4) is 0 Å². The summed E-state index contributed by atoms with van der Waals surface area (Å²) in [6, 6.07) is 3.26. The Morgan fingerprint density at radius 3 is 2.45 bits per heavy atom. The van der Waals surface area contributed by atoms with E-state index in [2.05, 4.69) is 0 Å². The number of likely N-dealkylation sites (N-methyl/N-ethyl adjacent to an activating group) is 1. The van der Waals surface area contributed by atoms with E-state index in [9.17, 15) is 23.2 Å². The number of esters is 1. The predicted molar refractivity (Wildman–Crippen MR) is 107 cm³/mol. The number of hydrogen-bond donors (Lipinski definition) is 0. The Labute approximate surface area is 170 Å². The van der Waals surface area contributed by atoms with Gasteiger partial charge in [-0.25, -0.2) is 13.6 Å². The van der Waals surface area contributed by atoms with Gasteiger partial charge in [-0.3, -0.25) is 14.2 Å². The lowest BCUT2D eigenvalue weighted by atomic mass is 10.2. The van der Waals surface area contributed by atoms with E-state index in [-0.39, 0.29) is 33.8 Å². The second-order valence-corrected chi connectivity index (χ2v) is 7.04. The number of benzene rings is 1. The van der Waals surface area contributed by atoms with Crippen LogP contribution in [0.1, 0.15) is 26.3 Å². The summed E-state index contributed by atoms with van der Waals surface area (Å²) in [6.45, 7) is 6.19. The molecule has 1 heterocycles. The maximum Gasteiger partial charge on any atom is 0.333 e. The number of hydrogen-bond acceptors (Lipinski definition) is 5. The maximum absolute atomic E-state index is 13.5. The lowest BCUT2D eigenvalue weighted by molar-refractivity contribution is -0.135. The summed E-state index contributed by atoms with van der Waals surface area (Å²) in [5.41, 5.74) is -0.219. The van der Waals surface area contributed by atoms with E-state index in [1.54, 1.807) is 11.8 Å². The standard InChI is InChI=1S/C20H22F2N2O4S/c1-4-23(5-2)17(25)12-24-18(11-19(26)28-6-3)29-16(20(24)27)10-13-7-8-14(21)15(22)9-13/h7-11H,4-6,12H2,1-3H3/b16-10-,18-11-. The minimum Gasteiger partial charge on any atom is -0.463 e. The van der Waals surface area contributed by atoms with Gasteiger partial charge in [0.15, 0.2) is 11.6 Å². The molecule has 2 rings (SSSR count). The largest absolute Gasteiger partial charge is 0.463 e. The molecule has 9 heteroatoms. The van der Waals surface area contributed by atoms with Crippen molar-refractivity contribution in [2.45, 2.75) is 27.3 Å². The second-order valence-electron chi connectivity index (χ2n) is 5.98. The van der Waals surface area contributed by atoms with Crippen molar-refractivity contribution in [1.82, 2.24) is 9.47 Å². The summed E-state index contributed by atoms with van der Waals surface area (Å²) in [7, 11) is 0. The normalized spacial score (nSPS) is 12.3. The van der Waals surface area contributed by atoms with Crippen LogP contribution in [-0.2, 0) is 20.9 Å². The Kier molecular flexibility index (Phi) is 7.83. The Morgan fingerprint density at radius 2 is 1.86 bits per heavy atom. The highest BCUT2D eigenvalue weighted by atomic mass is 32.1. The van der Waals surface area contributed by atoms with Gasteiger partial charge in [0, 0.05) is 13.1 Å². The molecule has 0 unspecified atom stereocenters. The second kappa shape index (κ2) is 10.1. The van der Waals surface area contributed by atoms with Gasteiger partial charge in [-0.15, -0.1) is 11.3 Å². The highest BCUT2D eigenvalue weighted by Crippen LogP contribution is 2.08. The fourth-order valence-corrected chi connectivity index (χ4v) is 3.67. The van der Waals surface area contributed by atoms with Crippen molar-refractivity contribution < 1.29 is 23.1 Å². The molecule has 0 spiro atoms. The van der Waals surface area contributed by atoms with Gasteiger partial charge in [-0.2, -0.15) is 0 Å². The van der Waals surface area contributed by atoms with Crippen LogP contribution in [0.2, 0.25) is 0 Å². The highest BCUT2D eigenvalue weighted by molar-refractivity contribution is 7.07. The van der Waals surface area contributed by atoms with Crippen molar-refractivity contribution in [1.29, 1.82) is 0 Å². The molecule has 0 fully saturated rings. The van der Waals surface area contributed by atoms with Crippen molar-refractivity contribution in [3.8, 4) is 0 Å². The maximum atomic E-state index is 13.5. The molecular formula is C20H22F2N2O4S. The Balaban J connectivity index is 2.60. The number of thiazole rings is 1. The third kappa shape index (κ3) is 5.60. The molecule has 0 aliphatic rings. The third-order valence-corrected chi connectivity index (χ3v) is 5.18. The summed E-state index contributed by atoms with van der Waals surface area (Å²) in [4.78, 5) is 38.8. The summed E-state index contributed by atoms with van der Waals surface area (Å²) < 4.78 is 33.1. The fourth-order valence-electron chi connectivity index (χ4n) is 2.64. The molecule has 0 radical (unpaired) electrons. The third-order valence-electron chi connectivity index (χ3n) is 4.12. The molecule has 0 atom stereocenters. The summed E-state index contributed by atoms with van der Waals surface area (Å²) in [5.74, 6) is -2.94. The number of ether oxygens (including phenoxy) is 1. The van der Waals surface area contributed by atoms with Crippen LogP contribution in [0.5, 0.6) is 0 Å². The number of amides is 1. The first-order valence-corrected chi connectivity index (χ1v) is 9.94. The quantitative estimate of drug-likeness (QED) is 0.627. The molecule has 2 aromatic rings. The van der Waals surface area contributed by atoms with Crippen molar-refractivity contribution in [2.75, 3.05) is 19.7 Å². The van der Waals surface area contributed by atoms with Crippen molar-refractivity contribution in [3.63, 3.8) is 0 Å². The smallest absolute Gasteiger partial charge is 0.333 e. The van der Waals surface area contributed by atoms with Crippen LogP contribution in [0, 0.1) is 11.6 Å². The molecule has 1 amide bonds. The van der Waals surface area contributed by atoms with E-state index in [1.165, 1.54) is 16.7 Å². The molecule has 0 N–H and O–H groups in total. The van der Waals surface area contributed by atoms with Gasteiger partial charge in [0.1, 0.15) is 11.2 Å². The number of aromatic nitrogens is 1. The molecule has 156 valence electrons. The van der Waals surface area contributed by atoms with Crippen molar-refractivity contribution >= 4 is 35.4 Å². The fraction of sp³-hybridized carbons (Fsp3) is 0.350. The van der Waals surface area contributed by atoms with E-state index in [0.29, 0.717) is 13.1 Å². The van der Waals surface area contributed by atoms with Gasteiger partial charge in [0.25, 0.3) is 5.56 Å². The van der Waals surface area contributed by atoms with Gasteiger partial charge >= 0.3 is 5.97 Å². The molecule has 1 aromatic heterocycles. The summed E-state index contributed by atoms with van der Waals surface area (Å²) in [6.07, 6.45) is 2.53. The molecule has 0 bridgehead atoms. The predicted octanol–water partition coefficient (Wildman–Crippen LogP) is 1.23.